The van der Waals surface area contributed by atoms with Crippen molar-refractivity contribution in [3.8, 4) is 10.8 Å². The standard InChI is InChI=1S/C15H18N4O2S/c1-4-13-17-18-14(21-13)9-19(3)8-11-10(2)20-15(16-11)12-6-5-7-22-12/h5-7H,4,8-9H2,1-3H3. The van der Waals surface area contributed by atoms with Crippen LogP contribution in [0, 0.1) is 6.92 Å². The van der Waals surface area contributed by atoms with Crippen LogP contribution in [0.15, 0.2) is 26.3 Å². The zero-order chi connectivity index (χ0) is 15.5. The summed E-state index contributed by atoms with van der Waals surface area (Å²) in [5.41, 5.74) is 0.932. The average molecular weight is 318 g/mol. The van der Waals surface area contributed by atoms with Gasteiger partial charge in [-0.3, -0.25) is 4.90 Å². The highest BCUT2D eigenvalue weighted by Crippen LogP contribution is 2.26. The summed E-state index contributed by atoms with van der Waals surface area (Å²) >= 11 is 1.62. The molecule has 22 heavy (non-hydrogen) atoms. The van der Waals surface area contributed by atoms with E-state index in [0.717, 1.165) is 22.8 Å². The van der Waals surface area contributed by atoms with Gasteiger partial charge in [0.1, 0.15) is 5.76 Å². The first-order valence-electron chi connectivity index (χ1n) is 7.15. The maximum absolute atomic E-state index is 5.75. The van der Waals surface area contributed by atoms with Gasteiger partial charge in [-0.25, -0.2) is 4.98 Å². The summed E-state index contributed by atoms with van der Waals surface area (Å²) in [7, 11) is 1.99. The summed E-state index contributed by atoms with van der Waals surface area (Å²) in [5, 5.41) is 10.0. The molecule has 7 heteroatoms. The molecule has 0 aromatic carbocycles. The maximum Gasteiger partial charge on any atom is 0.236 e. The minimum Gasteiger partial charge on any atom is -0.440 e. The molecule has 0 atom stereocenters. The Balaban J connectivity index is 1.67. The van der Waals surface area contributed by atoms with Gasteiger partial charge in [0.05, 0.1) is 17.1 Å². The molecule has 0 aliphatic rings. The van der Waals surface area contributed by atoms with Gasteiger partial charge in [0.2, 0.25) is 17.7 Å². The van der Waals surface area contributed by atoms with Crippen LogP contribution in [0.1, 0.15) is 30.2 Å². The number of rotatable bonds is 6. The predicted molar refractivity (Wildman–Crippen MR) is 83.4 cm³/mol. The van der Waals surface area contributed by atoms with Gasteiger partial charge in [-0.15, -0.1) is 21.5 Å². The molecule has 116 valence electrons. The van der Waals surface area contributed by atoms with Gasteiger partial charge in [0, 0.05) is 13.0 Å². The van der Waals surface area contributed by atoms with Crippen molar-refractivity contribution in [2.24, 2.45) is 0 Å². The molecule has 0 radical (unpaired) electrons. The first-order chi connectivity index (χ1) is 10.7. The van der Waals surface area contributed by atoms with Crippen LogP contribution in [0.4, 0.5) is 0 Å². The van der Waals surface area contributed by atoms with Crippen LogP contribution in [0.2, 0.25) is 0 Å². The van der Waals surface area contributed by atoms with Gasteiger partial charge in [0.25, 0.3) is 0 Å². The molecule has 0 spiro atoms. The molecule has 6 nitrogen and oxygen atoms in total. The van der Waals surface area contributed by atoms with E-state index in [4.69, 9.17) is 8.83 Å². The lowest BCUT2D eigenvalue weighted by atomic mass is 10.3. The number of aryl methyl sites for hydroxylation is 2. The van der Waals surface area contributed by atoms with Crippen molar-refractivity contribution in [1.29, 1.82) is 0 Å². The van der Waals surface area contributed by atoms with Gasteiger partial charge < -0.3 is 8.83 Å². The van der Waals surface area contributed by atoms with Crippen molar-refractivity contribution in [3.63, 3.8) is 0 Å². The van der Waals surface area contributed by atoms with E-state index in [2.05, 4.69) is 20.1 Å². The van der Waals surface area contributed by atoms with E-state index in [1.807, 2.05) is 38.4 Å². The Morgan fingerprint density at radius 1 is 1.18 bits per heavy atom. The first-order valence-corrected chi connectivity index (χ1v) is 8.03. The van der Waals surface area contributed by atoms with Crippen LogP contribution in [-0.2, 0) is 19.5 Å². The fourth-order valence-electron chi connectivity index (χ4n) is 2.12. The molecule has 0 aliphatic carbocycles. The third kappa shape index (κ3) is 3.26. The zero-order valence-corrected chi connectivity index (χ0v) is 13.7. The highest BCUT2D eigenvalue weighted by Gasteiger charge is 2.15. The lowest BCUT2D eigenvalue weighted by molar-refractivity contribution is 0.274. The molecule has 0 fully saturated rings. The lowest BCUT2D eigenvalue weighted by Gasteiger charge is -2.12. The van der Waals surface area contributed by atoms with E-state index in [9.17, 15) is 0 Å². The third-order valence-electron chi connectivity index (χ3n) is 3.26. The van der Waals surface area contributed by atoms with E-state index >= 15 is 0 Å². The Hall–Kier alpha value is -1.99. The second kappa shape index (κ2) is 6.41. The van der Waals surface area contributed by atoms with Crippen molar-refractivity contribution < 1.29 is 8.83 Å². The second-order valence-corrected chi connectivity index (χ2v) is 6.06. The van der Waals surface area contributed by atoms with E-state index in [0.29, 0.717) is 30.8 Å². The minimum atomic E-state index is 0.591. The monoisotopic (exact) mass is 318 g/mol. The van der Waals surface area contributed by atoms with Gasteiger partial charge in [-0.05, 0) is 25.4 Å². The number of aromatic nitrogens is 3. The zero-order valence-electron chi connectivity index (χ0n) is 12.9. The number of thiophene rings is 1. The molecule has 3 heterocycles. The minimum absolute atomic E-state index is 0.591. The molecule has 0 unspecified atom stereocenters. The molecule has 0 bridgehead atoms. The highest BCUT2D eigenvalue weighted by atomic mass is 32.1. The largest absolute Gasteiger partial charge is 0.440 e. The number of nitrogens with zero attached hydrogens (tertiary/aromatic N) is 4. The first kappa shape index (κ1) is 14.9. The fraction of sp³-hybridized carbons (Fsp3) is 0.400. The Morgan fingerprint density at radius 3 is 2.68 bits per heavy atom. The lowest BCUT2D eigenvalue weighted by Crippen LogP contribution is -2.18. The molecule has 0 N–H and O–H groups in total. The van der Waals surface area contributed by atoms with Crippen molar-refractivity contribution in [2.75, 3.05) is 7.05 Å². The molecule has 0 saturated heterocycles. The normalized spacial score (nSPS) is 11.5. The fourth-order valence-corrected chi connectivity index (χ4v) is 2.77. The Kier molecular flexibility index (Phi) is 4.35. The summed E-state index contributed by atoms with van der Waals surface area (Å²) in [6.07, 6.45) is 0.753. The quantitative estimate of drug-likeness (QED) is 0.694. The van der Waals surface area contributed by atoms with Crippen LogP contribution >= 0.6 is 11.3 Å². The highest BCUT2D eigenvalue weighted by molar-refractivity contribution is 7.13. The number of hydrogen-bond donors (Lipinski definition) is 0. The molecule has 0 aliphatic heterocycles. The second-order valence-electron chi connectivity index (χ2n) is 5.11. The van der Waals surface area contributed by atoms with Crippen LogP contribution in [0.25, 0.3) is 10.8 Å². The molecule has 3 rings (SSSR count). The molecule has 0 amide bonds. The van der Waals surface area contributed by atoms with Crippen LogP contribution in [0.3, 0.4) is 0 Å². The SMILES string of the molecule is CCc1nnc(CN(C)Cc2nc(-c3cccs3)oc2C)o1. The van der Waals surface area contributed by atoms with Crippen LogP contribution in [-0.4, -0.2) is 27.1 Å². The Labute approximate surface area is 132 Å². The van der Waals surface area contributed by atoms with Crippen molar-refractivity contribution in [3.05, 3.63) is 40.7 Å². The molecule has 3 aromatic heterocycles. The summed E-state index contributed by atoms with van der Waals surface area (Å²) in [4.78, 5) is 7.71. The maximum atomic E-state index is 5.75. The number of hydrogen-bond acceptors (Lipinski definition) is 7. The van der Waals surface area contributed by atoms with Crippen LogP contribution < -0.4 is 0 Å². The smallest absolute Gasteiger partial charge is 0.236 e. The van der Waals surface area contributed by atoms with E-state index in [1.165, 1.54) is 0 Å². The van der Waals surface area contributed by atoms with Gasteiger partial charge >= 0.3 is 0 Å². The average Bonchev–Trinajstić information content (AvgIpc) is 3.21. The van der Waals surface area contributed by atoms with E-state index < -0.39 is 0 Å². The van der Waals surface area contributed by atoms with Crippen molar-refractivity contribution >= 4 is 11.3 Å². The predicted octanol–water partition coefficient (Wildman–Crippen LogP) is 3.29. The Morgan fingerprint density at radius 2 is 2.00 bits per heavy atom. The summed E-state index contributed by atoms with van der Waals surface area (Å²) in [6, 6.07) is 4.00. The molecular formula is C15H18N4O2S. The third-order valence-corrected chi connectivity index (χ3v) is 4.12. The number of oxazole rings is 1. The van der Waals surface area contributed by atoms with Crippen LogP contribution in [0.5, 0.6) is 0 Å². The summed E-state index contributed by atoms with van der Waals surface area (Å²) in [6.45, 7) is 5.19. The van der Waals surface area contributed by atoms with E-state index in [-0.39, 0.29) is 0 Å². The molecule has 0 saturated carbocycles. The van der Waals surface area contributed by atoms with Gasteiger partial charge in [0.15, 0.2) is 0 Å². The summed E-state index contributed by atoms with van der Waals surface area (Å²) < 4.78 is 11.3. The Bertz CT molecular complexity index is 733. The molecular weight excluding hydrogens is 300 g/mol. The topological polar surface area (TPSA) is 68.2 Å². The summed E-state index contributed by atoms with van der Waals surface area (Å²) in [5.74, 6) is 2.82. The van der Waals surface area contributed by atoms with Gasteiger partial charge in [-0.1, -0.05) is 13.0 Å². The van der Waals surface area contributed by atoms with E-state index in [1.54, 1.807) is 11.3 Å². The van der Waals surface area contributed by atoms with Crippen molar-refractivity contribution in [2.45, 2.75) is 33.4 Å². The van der Waals surface area contributed by atoms with Crippen molar-refractivity contribution in [1.82, 2.24) is 20.1 Å². The molecule has 3 aromatic rings. The van der Waals surface area contributed by atoms with Gasteiger partial charge in [-0.2, -0.15) is 0 Å².